The standard InChI is InChI=1S/C24H26N4O3S/c1-16-2-10-20(11-3-16)32(30,31)28-13-12-21-22(17-4-6-18(25)7-5-17)14-23(26-24(21)28)27(15-29)19-8-9-19/h2-4,10-15,18-19H,5-9,25H2,1H3. The Labute approximate surface area is 187 Å². The van der Waals surface area contributed by atoms with E-state index in [-0.39, 0.29) is 17.0 Å². The maximum absolute atomic E-state index is 13.5. The molecule has 2 aromatic heterocycles. The van der Waals surface area contributed by atoms with Crippen LogP contribution in [0.4, 0.5) is 5.82 Å². The molecule has 2 aliphatic carbocycles. The molecule has 1 aromatic carbocycles. The summed E-state index contributed by atoms with van der Waals surface area (Å²) in [7, 11) is -3.84. The lowest BCUT2D eigenvalue weighted by molar-refractivity contribution is -0.107. The Morgan fingerprint density at radius 3 is 2.53 bits per heavy atom. The van der Waals surface area contributed by atoms with Crippen LogP contribution in [0.25, 0.3) is 16.6 Å². The summed E-state index contributed by atoms with van der Waals surface area (Å²) in [6, 6.07) is 10.7. The average molecular weight is 451 g/mol. The van der Waals surface area contributed by atoms with Crippen molar-refractivity contribution in [1.82, 2.24) is 8.96 Å². The Morgan fingerprint density at radius 1 is 1.16 bits per heavy atom. The number of hydrogen-bond donors (Lipinski definition) is 1. The van der Waals surface area contributed by atoms with Gasteiger partial charge in [0.05, 0.1) is 4.90 Å². The number of amides is 1. The first kappa shape index (κ1) is 20.9. The third kappa shape index (κ3) is 3.63. The largest absolute Gasteiger partial charge is 0.327 e. The van der Waals surface area contributed by atoms with E-state index in [9.17, 15) is 13.2 Å². The SMILES string of the molecule is Cc1ccc(S(=O)(=O)n2ccc3c(C4=CCC(N)CC4)cc(N(C=O)C4CC4)nc32)cc1. The third-order valence-electron chi connectivity index (χ3n) is 6.30. The first-order chi connectivity index (χ1) is 15.4. The quantitative estimate of drug-likeness (QED) is 0.579. The maximum Gasteiger partial charge on any atom is 0.269 e. The van der Waals surface area contributed by atoms with Gasteiger partial charge < -0.3 is 5.73 Å². The molecule has 0 spiro atoms. The predicted octanol–water partition coefficient (Wildman–Crippen LogP) is 3.60. The molecule has 1 atom stereocenters. The number of rotatable bonds is 6. The van der Waals surface area contributed by atoms with Gasteiger partial charge in [-0.2, -0.15) is 0 Å². The molecule has 1 fully saturated rings. The molecule has 2 heterocycles. The molecule has 0 aliphatic heterocycles. The Bertz CT molecular complexity index is 1320. The first-order valence-electron chi connectivity index (χ1n) is 10.9. The van der Waals surface area contributed by atoms with Gasteiger partial charge in [0.15, 0.2) is 5.65 Å². The van der Waals surface area contributed by atoms with E-state index in [2.05, 4.69) is 11.1 Å². The van der Waals surface area contributed by atoms with Crippen molar-refractivity contribution in [2.45, 2.75) is 56.0 Å². The fraction of sp³-hybridized carbons (Fsp3) is 0.333. The van der Waals surface area contributed by atoms with Crippen LogP contribution in [-0.2, 0) is 14.8 Å². The topological polar surface area (TPSA) is 98.3 Å². The highest BCUT2D eigenvalue weighted by Crippen LogP contribution is 2.37. The van der Waals surface area contributed by atoms with E-state index < -0.39 is 10.0 Å². The lowest BCUT2D eigenvalue weighted by Crippen LogP contribution is -2.25. The smallest absolute Gasteiger partial charge is 0.269 e. The minimum Gasteiger partial charge on any atom is -0.327 e. The molecular weight excluding hydrogens is 424 g/mol. The van der Waals surface area contributed by atoms with Crippen molar-refractivity contribution in [1.29, 1.82) is 0 Å². The van der Waals surface area contributed by atoms with Gasteiger partial charge in [-0.25, -0.2) is 17.4 Å². The van der Waals surface area contributed by atoms with Crippen LogP contribution in [0.3, 0.4) is 0 Å². The predicted molar refractivity (Wildman–Crippen MR) is 125 cm³/mol. The van der Waals surface area contributed by atoms with Crippen molar-refractivity contribution in [2.24, 2.45) is 5.73 Å². The molecular formula is C24H26N4O3S. The molecule has 2 N–H and O–H groups in total. The number of fused-ring (bicyclic) bond motifs is 1. The number of nitrogens with zero attached hydrogens (tertiary/aromatic N) is 3. The van der Waals surface area contributed by atoms with E-state index in [1.165, 1.54) is 3.97 Å². The van der Waals surface area contributed by atoms with Gasteiger partial charge >= 0.3 is 0 Å². The molecule has 0 bridgehead atoms. The number of allylic oxidation sites excluding steroid dienone is 1. The lowest BCUT2D eigenvalue weighted by atomic mass is 9.90. The van der Waals surface area contributed by atoms with Crippen LogP contribution in [0.15, 0.2) is 53.6 Å². The van der Waals surface area contributed by atoms with E-state index in [4.69, 9.17) is 5.73 Å². The molecule has 32 heavy (non-hydrogen) atoms. The second kappa shape index (κ2) is 7.86. The summed E-state index contributed by atoms with van der Waals surface area (Å²) in [4.78, 5) is 18.4. The second-order valence-electron chi connectivity index (χ2n) is 8.70. The van der Waals surface area contributed by atoms with Crippen molar-refractivity contribution in [2.75, 3.05) is 4.90 Å². The van der Waals surface area contributed by atoms with Crippen molar-refractivity contribution >= 4 is 38.9 Å². The molecule has 2 aliphatic rings. The minimum absolute atomic E-state index is 0.121. The first-order valence-corrected chi connectivity index (χ1v) is 12.4. The number of benzene rings is 1. The van der Waals surface area contributed by atoms with E-state index in [1.54, 1.807) is 41.4 Å². The van der Waals surface area contributed by atoms with Gasteiger partial charge in [-0.1, -0.05) is 23.8 Å². The third-order valence-corrected chi connectivity index (χ3v) is 7.98. The summed E-state index contributed by atoms with van der Waals surface area (Å²) in [5, 5.41) is 0.757. The van der Waals surface area contributed by atoms with Crippen molar-refractivity contribution in [3.8, 4) is 0 Å². The molecule has 1 unspecified atom stereocenters. The van der Waals surface area contributed by atoms with Crippen LogP contribution in [0.2, 0.25) is 0 Å². The van der Waals surface area contributed by atoms with Crippen molar-refractivity contribution in [3.05, 3.63) is 59.8 Å². The van der Waals surface area contributed by atoms with Crippen LogP contribution in [0.5, 0.6) is 0 Å². The summed E-state index contributed by atoms with van der Waals surface area (Å²) in [6.07, 6.45) is 8.77. The molecule has 1 amide bonds. The van der Waals surface area contributed by atoms with E-state index in [1.807, 2.05) is 13.0 Å². The summed E-state index contributed by atoms with van der Waals surface area (Å²) < 4.78 is 28.1. The second-order valence-corrected chi connectivity index (χ2v) is 10.5. The van der Waals surface area contributed by atoms with Gasteiger partial charge in [-0.3, -0.25) is 9.69 Å². The Kier molecular flexibility index (Phi) is 5.14. The zero-order valence-electron chi connectivity index (χ0n) is 17.9. The van der Waals surface area contributed by atoms with E-state index in [0.717, 1.165) is 60.6 Å². The van der Waals surface area contributed by atoms with Gasteiger partial charge in [-0.15, -0.1) is 0 Å². The summed E-state index contributed by atoms with van der Waals surface area (Å²) in [6.45, 7) is 1.91. The Hall–Kier alpha value is -2.97. The minimum atomic E-state index is -3.84. The molecule has 8 heteroatoms. The van der Waals surface area contributed by atoms with Gasteiger partial charge in [0, 0.05) is 23.7 Å². The molecule has 0 saturated heterocycles. The average Bonchev–Trinajstić information content (AvgIpc) is 3.52. The zero-order valence-corrected chi connectivity index (χ0v) is 18.8. The number of aryl methyl sites for hydroxylation is 1. The summed E-state index contributed by atoms with van der Waals surface area (Å²) in [5.41, 5.74) is 9.43. The number of aromatic nitrogens is 2. The molecule has 166 valence electrons. The Balaban J connectivity index is 1.71. The van der Waals surface area contributed by atoms with Crippen LogP contribution in [-0.4, -0.2) is 35.9 Å². The number of anilines is 1. The molecule has 5 rings (SSSR count). The molecule has 1 saturated carbocycles. The zero-order chi connectivity index (χ0) is 22.5. The van der Waals surface area contributed by atoms with Crippen LogP contribution >= 0.6 is 0 Å². The Morgan fingerprint density at radius 2 is 1.91 bits per heavy atom. The van der Waals surface area contributed by atoms with Gasteiger partial charge in [-0.05, 0) is 74.4 Å². The number of carbonyl (C=O) groups is 1. The highest BCUT2D eigenvalue weighted by molar-refractivity contribution is 7.90. The number of pyridine rings is 1. The van der Waals surface area contributed by atoms with Crippen LogP contribution < -0.4 is 10.6 Å². The molecule has 0 radical (unpaired) electrons. The van der Waals surface area contributed by atoms with Crippen LogP contribution in [0.1, 0.15) is 43.2 Å². The highest BCUT2D eigenvalue weighted by Gasteiger charge is 2.31. The van der Waals surface area contributed by atoms with Gasteiger partial charge in [0.25, 0.3) is 10.0 Å². The molecule has 3 aromatic rings. The van der Waals surface area contributed by atoms with Crippen molar-refractivity contribution < 1.29 is 13.2 Å². The van der Waals surface area contributed by atoms with Gasteiger partial charge in [0.1, 0.15) is 5.82 Å². The summed E-state index contributed by atoms with van der Waals surface area (Å²) in [5.74, 6) is 0.486. The van der Waals surface area contributed by atoms with E-state index >= 15 is 0 Å². The fourth-order valence-corrected chi connectivity index (χ4v) is 5.56. The normalized spacial score (nSPS) is 19.1. The monoisotopic (exact) mass is 450 g/mol. The van der Waals surface area contributed by atoms with Gasteiger partial charge in [0.2, 0.25) is 6.41 Å². The van der Waals surface area contributed by atoms with Crippen LogP contribution in [0, 0.1) is 6.92 Å². The lowest BCUT2D eigenvalue weighted by Gasteiger charge is -2.22. The number of nitrogens with two attached hydrogens (primary N) is 1. The number of hydrogen-bond acceptors (Lipinski definition) is 5. The highest BCUT2D eigenvalue weighted by atomic mass is 32.2. The van der Waals surface area contributed by atoms with Crippen molar-refractivity contribution in [3.63, 3.8) is 0 Å². The van der Waals surface area contributed by atoms with E-state index in [0.29, 0.717) is 11.5 Å². The molecule has 7 nitrogen and oxygen atoms in total. The fourth-order valence-electron chi connectivity index (χ4n) is 4.27. The number of carbonyl (C=O) groups excluding carboxylic acids is 1. The summed E-state index contributed by atoms with van der Waals surface area (Å²) >= 11 is 0. The maximum atomic E-state index is 13.5.